The number of hydrogen-bond acceptors (Lipinski definition) is 5. The number of pyridine rings is 1. The molecule has 3 rings (SSSR count). The minimum atomic E-state index is 0.793. The molecule has 25 heavy (non-hydrogen) atoms. The smallest absolute Gasteiger partial charge is 0.187 e. The first-order chi connectivity index (χ1) is 12.3. The molecule has 2 aromatic heterocycles. The van der Waals surface area contributed by atoms with E-state index in [1.54, 1.807) is 11.8 Å². The molecule has 0 unspecified atom stereocenters. The van der Waals surface area contributed by atoms with Gasteiger partial charge in [0.2, 0.25) is 0 Å². The topological polar surface area (TPSA) is 41.9 Å². The van der Waals surface area contributed by atoms with E-state index in [0.29, 0.717) is 0 Å². The standard InChI is InChI=1S/C20H22N4S/c1-2-25-20-22-12-18(13-23-20)15-24(14-17-8-4-3-5-9-17)16-19-10-6-7-11-21-19/h3-13H,2,14-16H2,1H3. The van der Waals surface area contributed by atoms with Crippen molar-refractivity contribution in [2.45, 2.75) is 31.7 Å². The highest BCUT2D eigenvalue weighted by atomic mass is 32.2. The highest BCUT2D eigenvalue weighted by Crippen LogP contribution is 2.15. The molecule has 2 heterocycles. The second kappa shape index (κ2) is 9.30. The first kappa shape index (κ1) is 17.6. The third kappa shape index (κ3) is 5.66. The van der Waals surface area contributed by atoms with Crippen LogP contribution in [0.4, 0.5) is 0 Å². The van der Waals surface area contributed by atoms with Crippen LogP contribution in [0.3, 0.4) is 0 Å². The van der Waals surface area contributed by atoms with Gasteiger partial charge in [-0.1, -0.05) is 55.1 Å². The van der Waals surface area contributed by atoms with Crippen molar-refractivity contribution in [2.24, 2.45) is 0 Å². The van der Waals surface area contributed by atoms with Crippen molar-refractivity contribution >= 4 is 11.8 Å². The average molecular weight is 350 g/mol. The Bertz CT molecular complexity index is 706. The van der Waals surface area contributed by atoms with Crippen LogP contribution < -0.4 is 0 Å². The van der Waals surface area contributed by atoms with Crippen molar-refractivity contribution in [3.8, 4) is 0 Å². The van der Waals surface area contributed by atoms with Crippen LogP contribution in [-0.2, 0) is 19.6 Å². The molecular formula is C20H22N4S. The third-order valence-electron chi connectivity index (χ3n) is 3.72. The first-order valence-electron chi connectivity index (χ1n) is 8.43. The molecule has 4 nitrogen and oxygen atoms in total. The fourth-order valence-corrected chi connectivity index (χ4v) is 3.13. The summed E-state index contributed by atoms with van der Waals surface area (Å²) in [6.07, 6.45) is 5.71. The Kier molecular flexibility index (Phi) is 6.54. The van der Waals surface area contributed by atoms with Gasteiger partial charge in [0.25, 0.3) is 0 Å². The summed E-state index contributed by atoms with van der Waals surface area (Å²) in [5.74, 6) is 0.985. The van der Waals surface area contributed by atoms with E-state index in [-0.39, 0.29) is 0 Å². The quantitative estimate of drug-likeness (QED) is 0.450. The molecule has 0 saturated carbocycles. The van der Waals surface area contributed by atoms with Crippen molar-refractivity contribution in [2.75, 3.05) is 5.75 Å². The Labute approximate surface area is 153 Å². The van der Waals surface area contributed by atoms with Gasteiger partial charge in [0.05, 0.1) is 5.69 Å². The van der Waals surface area contributed by atoms with E-state index in [1.807, 2.05) is 36.8 Å². The van der Waals surface area contributed by atoms with Gasteiger partial charge in [-0.3, -0.25) is 9.88 Å². The number of rotatable bonds is 8. The lowest BCUT2D eigenvalue weighted by molar-refractivity contribution is 0.244. The van der Waals surface area contributed by atoms with Crippen LogP contribution in [-0.4, -0.2) is 25.6 Å². The second-order valence-corrected chi connectivity index (χ2v) is 6.99. The fraction of sp³-hybridized carbons (Fsp3) is 0.250. The minimum Gasteiger partial charge on any atom is -0.289 e. The van der Waals surface area contributed by atoms with Crippen LogP contribution in [0.5, 0.6) is 0 Å². The highest BCUT2D eigenvalue weighted by Gasteiger charge is 2.10. The molecule has 0 aliphatic carbocycles. The van der Waals surface area contributed by atoms with Gasteiger partial charge in [0.15, 0.2) is 5.16 Å². The molecule has 128 valence electrons. The summed E-state index contributed by atoms with van der Waals surface area (Å²) < 4.78 is 0. The van der Waals surface area contributed by atoms with Gasteiger partial charge in [-0.15, -0.1) is 0 Å². The summed E-state index contributed by atoms with van der Waals surface area (Å²) in [6, 6.07) is 16.6. The third-order valence-corrected chi connectivity index (χ3v) is 4.48. The molecule has 0 saturated heterocycles. The van der Waals surface area contributed by atoms with Crippen LogP contribution in [0.2, 0.25) is 0 Å². The SMILES string of the molecule is CCSc1ncc(CN(Cc2ccccc2)Cc2ccccn2)cn1. The van der Waals surface area contributed by atoms with Crippen LogP contribution >= 0.6 is 11.8 Å². The zero-order chi connectivity index (χ0) is 17.3. The molecule has 3 aromatic rings. The normalized spacial score (nSPS) is 11.0. The number of hydrogen-bond donors (Lipinski definition) is 0. The van der Waals surface area contributed by atoms with Gasteiger partial charge in [-0.05, 0) is 23.4 Å². The summed E-state index contributed by atoms with van der Waals surface area (Å²) >= 11 is 1.66. The van der Waals surface area contributed by atoms with Gasteiger partial charge >= 0.3 is 0 Å². The predicted molar refractivity (Wildman–Crippen MR) is 102 cm³/mol. The second-order valence-electron chi connectivity index (χ2n) is 5.76. The summed E-state index contributed by atoms with van der Waals surface area (Å²) in [6.45, 7) is 4.56. The minimum absolute atomic E-state index is 0.793. The Hall–Kier alpha value is -2.24. The van der Waals surface area contributed by atoms with Crippen molar-refractivity contribution in [1.82, 2.24) is 19.9 Å². The van der Waals surface area contributed by atoms with E-state index in [2.05, 4.69) is 57.1 Å². The lowest BCUT2D eigenvalue weighted by Crippen LogP contribution is -2.23. The van der Waals surface area contributed by atoms with Crippen molar-refractivity contribution in [1.29, 1.82) is 0 Å². The summed E-state index contributed by atoms with van der Waals surface area (Å²) in [5.41, 5.74) is 3.47. The fourth-order valence-electron chi connectivity index (χ4n) is 2.62. The highest BCUT2D eigenvalue weighted by molar-refractivity contribution is 7.99. The summed E-state index contributed by atoms with van der Waals surface area (Å²) in [7, 11) is 0. The van der Waals surface area contributed by atoms with Crippen molar-refractivity contribution < 1.29 is 0 Å². The van der Waals surface area contributed by atoms with Gasteiger partial charge in [0, 0.05) is 43.8 Å². The molecule has 0 fully saturated rings. The Balaban J connectivity index is 1.73. The van der Waals surface area contributed by atoms with Crippen LogP contribution in [0.1, 0.15) is 23.7 Å². The zero-order valence-electron chi connectivity index (χ0n) is 14.4. The number of nitrogens with zero attached hydrogens (tertiary/aromatic N) is 4. The maximum absolute atomic E-state index is 4.46. The van der Waals surface area contributed by atoms with Crippen LogP contribution in [0.25, 0.3) is 0 Å². The molecule has 0 N–H and O–H groups in total. The molecule has 0 aliphatic rings. The molecule has 0 aliphatic heterocycles. The van der Waals surface area contributed by atoms with Crippen molar-refractivity contribution in [3.05, 3.63) is 83.9 Å². The largest absolute Gasteiger partial charge is 0.289 e. The van der Waals surface area contributed by atoms with E-state index in [4.69, 9.17) is 0 Å². The summed E-state index contributed by atoms with van der Waals surface area (Å²) in [4.78, 5) is 15.7. The number of thioether (sulfide) groups is 1. The molecule has 5 heteroatoms. The van der Waals surface area contributed by atoms with E-state index in [1.165, 1.54) is 5.56 Å². The monoisotopic (exact) mass is 350 g/mol. The molecule has 0 bridgehead atoms. The van der Waals surface area contributed by atoms with Gasteiger partial charge < -0.3 is 0 Å². The molecule has 0 spiro atoms. The van der Waals surface area contributed by atoms with Crippen LogP contribution in [0, 0.1) is 0 Å². The van der Waals surface area contributed by atoms with E-state index >= 15 is 0 Å². The molecule has 0 radical (unpaired) electrons. The Morgan fingerprint density at radius 2 is 1.52 bits per heavy atom. The maximum atomic E-state index is 4.46. The maximum Gasteiger partial charge on any atom is 0.187 e. The molecule has 0 amide bonds. The van der Waals surface area contributed by atoms with Gasteiger partial charge in [-0.25, -0.2) is 9.97 Å². The molecule has 0 atom stereocenters. The summed E-state index contributed by atoms with van der Waals surface area (Å²) in [5, 5.41) is 0.839. The van der Waals surface area contributed by atoms with Crippen LogP contribution in [0.15, 0.2) is 72.3 Å². The molecular weight excluding hydrogens is 328 g/mol. The first-order valence-corrected chi connectivity index (χ1v) is 9.42. The van der Waals surface area contributed by atoms with E-state index in [0.717, 1.165) is 41.8 Å². The zero-order valence-corrected chi connectivity index (χ0v) is 15.2. The van der Waals surface area contributed by atoms with Gasteiger partial charge in [-0.2, -0.15) is 0 Å². The average Bonchev–Trinajstić information content (AvgIpc) is 2.65. The van der Waals surface area contributed by atoms with Gasteiger partial charge in [0.1, 0.15) is 0 Å². The number of benzene rings is 1. The lowest BCUT2D eigenvalue weighted by atomic mass is 10.2. The van der Waals surface area contributed by atoms with E-state index in [9.17, 15) is 0 Å². The Morgan fingerprint density at radius 3 is 2.20 bits per heavy atom. The molecule has 1 aromatic carbocycles. The number of aromatic nitrogens is 3. The predicted octanol–water partition coefficient (Wildman–Crippen LogP) is 4.19. The van der Waals surface area contributed by atoms with E-state index < -0.39 is 0 Å². The Morgan fingerprint density at radius 1 is 0.800 bits per heavy atom. The van der Waals surface area contributed by atoms with Crippen molar-refractivity contribution in [3.63, 3.8) is 0 Å². The lowest BCUT2D eigenvalue weighted by Gasteiger charge is -2.22.